The van der Waals surface area contributed by atoms with Crippen molar-refractivity contribution < 1.29 is 19.4 Å². The molecule has 0 aromatic heterocycles. The van der Waals surface area contributed by atoms with Gasteiger partial charge in [0.25, 0.3) is 0 Å². The molecule has 1 rings (SSSR count). The zero-order valence-corrected chi connectivity index (χ0v) is 11.8. The van der Waals surface area contributed by atoms with E-state index in [1.807, 2.05) is 30.3 Å². The average molecular weight is 295 g/mol. The number of hydrogen-bond acceptors (Lipinski definition) is 4. The van der Waals surface area contributed by atoms with Gasteiger partial charge in [0, 0.05) is 19.6 Å². The van der Waals surface area contributed by atoms with E-state index in [0.717, 1.165) is 5.56 Å². The number of nitrogens with one attached hydrogen (secondary N) is 3. The van der Waals surface area contributed by atoms with Crippen molar-refractivity contribution in [2.75, 3.05) is 26.2 Å². The summed E-state index contributed by atoms with van der Waals surface area (Å²) in [4.78, 5) is 22.5. The van der Waals surface area contributed by atoms with Crippen LogP contribution in [0.1, 0.15) is 12.0 Å². The summed E-state index contributed by atoms with van der Waals surface area (Å²) in [6, 6.07) is 9.07. The number of carbonyl (C=O) groups excluding carboxylic acids is 2. The summed E-state index contributed by atoms with van der Waals surface area (Å²) in [7, 11) is 0. The van der Waals surface area contributed by atoms with Gasteiger partial charge < -0.3 is 25.8 Å². The summed E-state index contributed by atoms with van der Waals surface area (Å²) in [5.41, 5.74) is 0.926. The standard InChI is InChI=1S/C14H21N3O4/c18-10-9-16-13(19)15-7-4-8-17-14(20)21-11-12-5-2-1-3-6-12/h1-3,5-6,18H,4,7-11H2,(H,17,20)(H2,15,16,19). The third kappa shape index (κ3) is 8.48. The number of aliphatic hydroxyl groups excluding tert-OH is 1. The Balaban J connectivity index is 2.00. The van der Waals surface area contributed by atoms with Crippen LogP contribution in [-0.4, -0.2) is 43.5 Å². The second-order valence-corrected chi connectivity index (χ2v) is 4.25. The molecule has 116 valence electrons. The zero-order chi connectivity index (χ0) is 15.3. The molecule has 4 N–H and O–H groups in total. The third-order valence-corrected chi connectivity index (χ3v) is 2.52. The molecule has 0 aliphatic heterocycles. The Bertz CT molecular complexity index is 425. The van der Waals surface area contributed by atoms with Gasteiger partial charge in [-0.1, -0.05) is 30.3 Å². The summed E-state index contributed by atoms with van der Waals surface area (Å²) in [6.07, 6.45) is 0.107. The highest BCUT2D eigenvalue weighted by molar-refractivity contribution is 5.73. The molecule has 0 radical (unpaired) electrons. The van der Waals surface area contributed by atoms with Gasteiger partial charge in [-0.2, -0.15) is 0 Å². The number of ether oxygens (including phenoxy) is 1. The van der Waals surface area contributed by atoms with E-state index in [1.165, 1.54) is 0 Å². The number of aliphatic hydroxyl groups is 1. The number of urea groups is 1. The van der Waals surface area contributed by atoms with Crippen LogP contribution in [0.15, 0.2) is 30.3 Å². The van der Waals surface area contributed by atoms with Gasteiger partial charge in [-0.05, 0) is 12.0 Å². The van der Waals surface area contributed by atoms with Crippen molar-refractivity contribution in [3.8, 4) is 0 Å². The summed E-state index contributed by atoms with van der Waals surface area (Å²) in [5.74, 6) is 0. The van der Waals surface area contributed by atoms with Gasteiger partial charge in [0.05, 0.1) is 6.61 Å². The normalized spacial score (nSPS) is 9.76. The minimum atomic E-state index is -0.483. The topological polar surface area (TPSA) is 99.7 Å². The van der Waals surface area contributed by atoms with Gasteiger partial charge in [0.15, 0.2) is 0 Å². The average Bonchev–Trinajstić information content (AvgIpc) is 2.51. The van der Waals surface area contributed by atoms with Crippen LogP contribution in [0.2, 0.25) is 0 Å². The minimum absolute atomic E-state index is 0.0950. The first kappa shape index (κ1) is 16.8. The molecule has 1 aromatic rings. The Labute approximate surface area is 123 Å². The highest BCUT2D eigenvalue weighted by atomic mass is 16.5. The fourth-order valence-corrected chi connectivity index (χ4v) is 1.49. The molecule has 0 saturated carbocycles. The first-order valence-electron chi connectivity index (χ1n) is 6.79. The molecule has 0 unspecified atom stereocenters. The van der Waals surface area contributed by atoms with Crippen molar-refractivity contribution in [2.24, 2.45) is 0 Å². The van der Waals surface area contributed by atoms with Gasteiger partial charge in [0.1, 0.15) is 6.61 Å². The predicted molar refractivity (Wildman–Crippen MR) is 77.7 cm³/mol. The van der Waals surface area contributed by atoms with Crippen LogP contribution >= 0.6 is 0 Å². The van der Waals surface area contributed by atoms with Crippen LogP contribution in [-0.2, 0) is 11.3 Å². The first-order valence-corrected chi connectivity index (χ1v) is 6.79. The molecule has 21 heavy (non-hydrogen) atoms. The third-order valence-electron chi connectivity index (χ3n) is 2.52. The lowest BCUT2D eigenvalue weighted by Crippen LogP contribution is -2.38. The van der Waals surface area contributed by atoms with Crippen molar-refractivity contribution in [3.63, 3.8) is 0 Å². The highest BCUT2D eigenvalue weighted by Gasteiger charge is 2.02. The van der Waals surface area contributed by atoms with E-state index >= 15 is 0 Å². The summed E-state index contributed by atoms with van der Waals surface area (Å²) < 4.78 is 5.03. The molecule has 0 fully saturated rings. The van der Waals surface area contributed by atoms with E-state index in [0.29, 0.717) is 19.5 Å². The van der Waals surface area contributed by atoms with Crippen LogP contribution < -0.4 is 16.0 Å². The number of alkyl carbamates (subject to hydrolysis) is 1. The van der Waals surface area contributed by atoms with E-state index in [9.17, 15) is 9.59 Å². The Morgan fingerprint density at radius 1 is 1.00 bits per heavy atom. The molecule has 3 amide bonds. The van der Waals surface area contributed by atoms with Crippen molar-refractivity contribution in [2.45, 2.75) is 13.0 Å². The lowest BCUT2D eigenvalue weighted by molar-refractivity contribution is 0.139. The Hall–Kier alpha value is -2.28. The molecule has 1 aromatic carbocycles. The summed E-state index contributed by atoms with van der Waals surface area (Å²) >= 11 is 0. The quantitative estimate of drug-likeness (QED) is 0.528. The fourth-order valence-electron chi connectivity index (χ4n) is 1.49. The molecule has 0 saturated heterocycles. The molecule has 0 aliphatic rings. The Kier molecular flexibility index (Phi) is 8.39. The van der Waals surface area contributed by atoms with Gasteiger partial charge >= 0.3 is 12.1 Å². The molecular formula is C14H21N3O4. The number of carbonyl (C=O) groups is 2. The highest BCUT2D eigenvalue weighted by Crippen LogP contribution is 2.00. The van der Waals surface area contributed by atoms with Crippen molar-refractivity contribution >= 4 is 12.1 Å². The van der Waals surface area contributed by atoms with Crippen LogP contribution in [0.5, 0.6) is 0 Å². The molecule has 0 heterocycles. The van der Waals surface area contributed by atoms with Gasteiger partial charge in [-0.25, -0.2) is 9.59 Å². The molecule has 0 aliphatic carbocycles. The Morgan fingerprint density at radius 3 is 2.38 bits per heavy atom. The molecule has 0 spiro atoms. The van der Waals surface area contributed by atoms with E-state index in [2.05, 4.69) is 16.0 Å². The summed E-state index contributed by atoms with van der Waals surface area (Å²) in [5, 5.41) is 16.2. The van der Waals surface area contributed by atoms with Gasteiger partial charge in [0.2, 0.25) is 0 Å². The minimum Gasteiger partial charge on any atom is -0.445 e. The van der Waals surface area contributed by atoms with E-state index in [-0.39, 0.29) is 25.8 Å². The predicted octanol–water partition coefficient (Wildman–Crippen LogP) is 0.594. The van der Waals surface area contributed by atoms with E-state index < -0.39 is 6.09 Å². The molecule has 0 atom stereocenters. The van der Waals surface area contributed by atoms with Gasteiger partial charge in [-0.3, -0.25) is 0 Å². The number of hydrogen-bond donors (Lipinski definition) is 4. The maximum Gasteiger partial charge on any atom is 0.407 e. The maximum atomic E-state index is 11.4. The lowest BCUT2D eigenvalue weighted by Gasteiger charge is -2.08. The molecular weight excluding hydrogens is 274 g/mol. The monoisotopic (exact) mass is 295 g/mol. The maximum absolute atomic E-state index is 11.4. The molecule has 7 heteroatoms. The van der Waals surface area contributed by atoms with Gasteiger partial charge in [-0.15, -0.1) is 0 Å². The first-order chi connectivity index (χ1) is 10.2. The summed E-state index contributed by atoms with van der Waals surface area (Å²) in [6.45, 7) is 1.19. The van der Waals surface area contributed by atoms with E-state index in [1.54, 1.807) is 0 Å². The SMILES string of the molecule is O=C(NCCO)NCCCNC(=O)OCc1ccccc1. The lowest BCUT2D eigenvalue weighted by atomic mass is 10.2. The second kappa shape index (κ2) is 10.5. The number of rotatable bonds is 8. The second-order valence-electron chi connectivity index (χ2n) is 4.25. The van der Waals surface area contributed by atoms with Crippen LogP contribution in [0.4, 0.5) is 9.59 Å². The number of amides is 3. The number of benzene rings is 1. The zero-order valence-electron chi connectivity index (χ0n) is 11.8. The van der Waals surface area contributed by atoms with Crippen molar-refractivity contribution in [1.82, 2.24) is 16.0 Å². The smallest absolute Gasteiger partial charge is 0.407 e. The largest absolute Gasteiger partial charge is 0.445 e. The van der Waals surface area contributed by atoms with Crippen molar-refractivity contribution in [1.29, 1.82) is 0 Å². The van der Waals surface area contributed by atoms with E-state index in [4.69, 9.17) is 9.84 Å². The fraction of sp³-hybridized carbons (Fsp3) is 0.429. The Morgan fingerprint density at radius 2 is 1.67 bits per heavy atom. The van der Waals surface area contributed by atoms with Crippen LogP contribution in [0.25, 0.3) is 0 Å². The van der Waals surface area contributed by atoms with Crippen LogP contribution in [0.3, 0.4) is 0 Å². The molecule has 0 bridgehead atoms. The molecule has 7 nitrogen and oxygen atoms in total. The van der Waals surface area contributed by atoms with Crippen LogP contribution in [0, 0.1) is 0 Å². The van der Waals surface area contributed by atoms with Crippen molar-refractivity contribution in [3.05, 3.63) is 35.9 Å².